The molecule has 1 aromatic heterocycles. The minimum absolute atomic E-state index is 0.0533. The van der Waals surface area contributed by atoms with Crippen molar-refractivity contribution >= 4 is 28.8 Å². The second-order valence-electron chi connectivity index (χ2n) is 8.63. The monoisotopic (exact) mass is 479 g/mol. The molecule has 2 aromatic carbocycles. The van der Waals surface area contributed by atoms with Crippen molar-refractivity contribution in [1.29, 1.82) is 0 Å². The molecule has 1 N–H and O–H groups in total. The number of hydrogen-bond donors (Lipinski definition) is 1. The number of amides is 1. The average Bonchev–Trinajstić information content (AvgIpc) is 3.35. The van der Waals surface area contributed by atoms with Gasteiger partial charge in [-0.2, -0.15) is 0 Å². The molecule has 1 fully saturated rings. The first-order valence-electron chi connectivity index (χ1n) is 11.0. The van der Waals surface area contributed by atoms with Gasteiger partial charge in [-0.1, -0.05) is 26.0 Å². The fourth-order valence-corrected chi connectivity index (χ4v) is 5.30. The summed E-state index contributed by atoms with van der Waals surface area (Å²) < 4.78 is 18.8. The van der Waals surface area contributed by atoms with E-state index in [-0.39, 0.29) is 29.6 Å². The molecule has 34 heavy (non-hydrogen) atoms. The van der Waals surface area contributed by atoms with E-state index >= 15 is 0 Å². The lowest BCUT2D eigenvalue weighted by Gasteiger charge is -2.25. The number of ether oxygens (including phenoxy) is 1. The van der Waals surface area contributed by atoms with Crippen molar-refractivity contribution in [3.8, 4) is 5.75 Å². The van der Waals surface area contributed by atoms with E-state index in [0.29, 0.717) is 16.9 Å². The Morgan fingerprint density at radius 1 is 1.15 bits per heavy atom. The van der Waals surface area contributed by atoms with E-state index in [1.807, 2.05) is 32.2 Å². The lowest BCUT2D eigenvalue weighted by Crippen LogP contribution is -2.29. The van der Waals surface area contributed by atoms with E-state index in [4.69, 9.17) is 4.74 Å². The number of aliphatic hydroxyl groups is 1. The number of halogens is 1. The lowest BCUT2D eigenvalue weighted by molar-refractivity contribution is -0.140. The molecule has 0 spiro atoms. The lowest BCUT2D eigenvalue weighted by atomic mass is 9.94. The Labute approximate surface area is 202 Å². The summed E-state index contributed by atoms with van der Waals surface area (Å²) in [7, 11) is 1.58. The van der Waals surface area contributed by atoms with Gasteiger partial charge in [0.1, 0.15) is 23.4 Å². The van der Waals surface area contributed by atoms with Crippen LogP contribution in [0.2, 0.25) is 0 Å². The predicted octanol–water partition coefficient (Wildman–Crippen LogP) is 5.95. The third-order valence-electron chi connectivity index (χ3n) is 6.08. The van der Waals surface area contributed by atoms with E-state index in [0.717, 1.165) is 16.0 Å². The highest BCUT2D eigenvalue weighted by Crippen LogP contribution is 2.43. The molecule has 176 valence electrons. The number of aryl methyl sites for hydroxylation is 1. The van der Waals surface area contributed by atoms with Gasteiger partial charge in [0.15, 0.2) is 0 Å². The number of Topliss-reactive ketones (excluding diaryl/α,β-unsaturated/α-hetero) is 1. The fraction of sp³-hybridized carbons (Fsp3) is 0.259. The Morgan fingerprint density at radius 2 is 1.85 bits per heavy atom. The maximum absolute atomic E-state index is 13.4. The van der Waals surface area contributed by atoms with Gasteiger partial charge in [0.2, 0.25) is 0 Å². The first kappa shape index (κ1) is 23.7. The third kappa shape index (κ3) is 4.23. The van der Waals surface area contributed by atoms with Crippen LogP contribution in [0.25, 0.3) is 5.76 Å². The average molecular weight is 480 g/mol. The van der Waals surface area contributed by atoms with Gasteiger partial charge in [-0.3, -0.25) is 9.59 Å². The van der Waals surface area contributed by atoms with Crippen LogP contribution in [-0.4, -0.2) is 28.8 Å². The first-order valence-corrected chi connectivity index (χ1v) is 11.9. The number of thiophene rings is 1. The second-order valence-corrected chi connectivity index (χ2v) is 9.58. The normalized spacial score (nSPS) is 17.6. The summed E-state index contributed by atoms with van der Waals surface area (Å²) in [5.41, 5.74) is 3.00. The van der Waals surface area contributed by atoms with Crippen LogP contribution < -0.4 is 4.74 Å². The number of ketones is 1. The van der Waals surface area contributed by atoms with Crippen LogP contribution in [-0.2, 0) is 16.1 Å². The molecule has 1 amide bonds. The first-order chi connectivity index (χ1) is 16.2. The van der Waals surface area contributed by atoms with Crippen LogP contribution in [0.1, 0.15) is 52.9 Å². The summed E-state index contributed by atoms with van der Waals surface area (Å²) in [5, 5.41) is 13.2. The maximum Gasteiger partial charge on any atom is 0.295 e. The number of rotatable bonds is 6. The van der Waals surface area contributed by atoms with Crippen molar-refractivity contribution in [2.75, 3.05) is 7.11 Å². The van der Waals surface area contributed by atoms with E-state index < -0.39 is 17.7 Å². The van der Waals surface area contributed by atoms with Crippen LogP contribution in [0.3, 0.4) is 0 Å². The molecule has 1 aliphatic heterocycles. The SMILES string of the molecule is COc1ccc(/C(O)=C2/C(=O)C(=O)N(Cc3ccc(F)cc3)C2c2sccc2C)cc1C(C)C. The van der Waals surface area contributed by atoms with Crippen molar-refractivity contribution in [3.63, 3.8) is 0 Å². The zero-order valence-electron chi connectivity index (χ0n) is 19.5. The van der Waals surface area contributed by atoms with Crippen molar-refractivity contribution in [3.05, 3.63) is 92.4 Å². The van der Waals surface area contributed by atoms with Gasteiger partial charge < -0.3 is 14.7 Å². The van der Waals surface area contributed by atoms with Gasteiger partial charge in [0.05, 0.1) is 12.7 Å². The summed E-state index contributed by atoms with van der Waals surface area (Å²) in [6.07, 6.45) is 0. The van der Waals surface area contributed by atoms with E-state index in [1.165, 1.54) is 28.4 Å². The summed E-state index contributed by atoms with van der Waals surface area (Å²) in [6, 6.07) is 12.2. The molecule has 1 aliphatic rings. The van der Waals surface area contributed by atoms with Crippen LogP contribution >= 0.6 is 11.3 Å². The quantitative estimate of drug-likeness (QED) is 0.270. The maximum atomic E-state index is 13.4. The van der Waals surface area contributed by atoms with Crippen LogP contribution in [0.5, 0.6) is 5.75 Å². The number of benzene rings is 2. The smallest absolute Gasteiger partial charge is 0.295 e. The van der Waals surface area contributed by atoms with Crippen LogP contribution in [0.4, 0.5) is 4.39 Å². The molecule has 3 aromatic rings. The molecule has 4 rings (SSSR count). The van der Waals surface area contributed by atoms with Crippen molar-refractivity contribution in [1.82, 2.24) is 4.90 Å². The predicted molar refractivity (Wildman–Crippen MR) is 130 cm³/mol. The number of methoxy groups -OCH3 is 1. The molecule has 0 saturated carbocycles. The number of aliphatic hydroxyl groups excluding tert-OH is 1. The van der Waals surface area contributed by atoms with Gasteiger partial charge >= 0.3 is 0 Å². The van der Waals surface area contributed by atoms with Crippen molar-refractivity contribution in [2.45, 2.75) is 39.3 Å². The Kier molecular flexibility index (Phi) is 6.57. The zero-order valence-corrected chi connectivity index (χ0v) is 20.3. The number of hydrogen-bond acceptors (Lipinski definition) is 5. The van der Waals surface area contributed by atoms with Gasteiger partial charge in [-0.15, -0.1) is 11.3 Å². The van der Waals surface area contributed by atoms with Gasteiger partial charge in [-0.25, -0.2) is 4.39 Å². The minimum atomic E-state index is -0.741. The molecule has 1 atom stereocenters. The van der Waals surface area contributed by atoms with Gasteiger partial charge in [0.25, 0.3) is 11.7 Å². The Bertz CT molecular complexity index is 1280. The van der Waals surface area contributed by atoms with Crippen LogP contribution in [0, 0.1) is 12.7 Å². The topological polar surface area (TPSA) is 66.8 Å². The zero-order chi connectivity index (χ0) is 24.6. The third-order valence-corrected chi connectivity index (χ3v) is 7.15. The van der Waals surface area contributed by atoms with E-state index in [1.54, 1.807) is 37.4 Å². The molecule has 0 radical (unpaired) electrons. The summed E-state index contributed by atoms with van der Waals surface area (Å²) in [4.78, 5) is 28.7. The number of carbonyl (C=O) groups is 2. The Balaban J connectivity index is 1.86. The standard InChI is InChI=1S/C27H26FNO4S/c1-15(2)20-13-18(7-10-21(20)33-4)24(30)22-23(26-16(3)11-12-34-26)29(27(32)25(22)31)14-17-5-8-19(28)9-6-17/h5-13,15,23,30H,14H2,1-4H3/b24-22-. The van der Waals surface area contributed by atoms with Gasteiger partial charge in [-0.05, 0) is 71.3 Å². The molecule has 0 bridgehead atoms. The molecular formula is C27H26FNO4S. The Morgan fingerprint density at radius 3 is 2.44 bits per heavy atom. The molecular weight excluding hydrogens is 453 g/mol. The summed E-state index contributed by atoms with van der Waals surface area (Å²) >= 11 is 1.43. The molecule has 0 aliphatic carbocycles. The Hall–Kier alpha value is -3.45. The highest BCUT2D eigenvalue weighted by molar-refractivity contribution is 7.10. The second kappa shape index (κ2) is 9.43. The van der Waals surface area contributed by atoms with Crippen LogP contribution in [0.15, 0.2) is 59.5 Å². The van der Waals surface area contributed by atoms with Gasteiger partial charge in [0, 0.05) is 17.0 Å². The molecule has 7 heteroatoms. The highest BCUT2D eigenvalue weighted by atomic mass is 32.1. The minimum Gasteiger partial charge on any atom is -0.507 e. The fourth-order valence-electron chi connectivity index (χ4n) is 4.26. The van der Waals surface area contributed by atoms with Crippen molar-refractivity contribution < 1.29 is 23.8 Å². The van der Waals surface area contributed by atoms with E-state index in [9.17, 15) is 19.1 Å². The van der Waals surface area contributed by atoms with E-state index in [2.05, 4.69) is 0 Å². The number of nitrogens with zero attached hydrogens (tertiary/aromatic N) is 1. The number of carbonyl (C=O) groups excluding carboxylic acids is 2. The summed E-state index contributed by atoms with van der Waals surface area (Å²) in [5.74, 6) is -1.22. The molecule has 1 unspecified atom stereocenters. The molecule has 1 saturated heterocycles. The molecule has 5 nitrogen and oxygen atoms in total. The highest BCUT2D eigenvalue weighted by Gasteiger charge is 2.47. The number of likely N-dealkylation sites (tertiary alicyclic amines) is 1. The summed E-state index contributed by atoms with van der Waals surface area (Å²) in [6.45, 7) is 6.05. The molecule has 2 heterocycles. The van der Waals surface area contributed by atoms with Crippen molar-refractivity contribution in [2.24, 2.45) is 0 Å². The largest absolute Gasteiger partial charge is 0.507 e.